The minimum atomic E-state index is -0.140. The first kappa shape index (κ1) is 14.1. The van der Waals surface area contributed by atoms with Crippen LogP contribution in [0.3, 0.4) is 0 Å². The zero-order chi connectivity index (χ0) is 13.0. The van der Waals surface area contributed by atoms with Crippen molar-refractivity contribution in [3.05, 3.63) is 10.5 Å². The molecule has 1 aromatic heterocycles. The van der Waals surface area contributed by atoms with Crippen LogP contribution in [0.25, 0.3) is 0 Å². The van der Waals surface area contributed by atoms with E-state index < -0.39 is 0 Å². The van der Waals surface area contributed by atoms with E-state index in [-0.39, 0.29) is 5.69 Å². The predicted molar refractivity (Wildman–Crippen MR) is 78.5 cm³/mol. The Morgan fingerprint density at radius 2 is 2.06 bits per heavy atom. The van der Waals surface area contributed by atoms with Crippen molar-refractivity contribution in [1.82, 2.24) is 14.8 Å². The lowest BCUT2D eigenvalue weighted by molar-refractivity contribution is 0.332. The monoisotopic (exact) mass is 287 g/mol. The second kappa shape index (κ2) is 6.19. The number of hydrogen-bond donors (Lipinski definition) is 2. The first-order valence-corrected chi connectivity index (χ1v) is 8.14. The Morgan fingerprint density at radius 1 is 1.39 bits per heavy atom. The Bertz CT molecular complexity index is 433. The number of nitrogens with one attached hydrogen (secondary N) is 1. The average Bonchev–Trinajstić information content (AvgIpc) is 2.61. The van der Waals surface area contributed by atoms with Crippen LogP contribution in [-0.2, 0) is 7.05 Å². The summed E-state index contributed by atoms with van der Waals surface area (Å²) >= 11 is 6.24. The summed E-state index contributed by atoms with van der Waals surface area (Å²) in [6, 6.07) is 0. The van der Waals surface area contributed by atoms with Gasteiger partial charge in [-0.1, -0.05) is 37.4 Å². The summed E-state index contributed by atoms with van der Waals surface area (Å²) in [6.07, 6.45) is 7.81. The van der Waals surface area contributed by atoms with E-state index in [0.717, 1.165) is 16.7 Å². The molecule has 1 aliphatic rings. The van der Waals surface area contributed by atoms with Crippen LogP contribution in [0, 0.1) is 5.41 Å². The van der Waals surface area contributed by atoms with Crippen molar-refractivity contribution in [3.8, 4) is 0 Å². The highest BCUT2D eigenvalue weighted by atomic mass is 32.2. The van der Waals surface area contributed by atoms with Crippen LogP contribution in [0.5, 0.6) is 0 Å². The molecule has 0 radical (unpaired) electrons. The maximum atomic E-state index is 11.3. The molecular weight excluding hydrogens is 266 g/mol. The lowest BCUT2D eigenvalue weighted by Crippen LogP contribution is -2.25. The Kier molecular flexibility index (Phi) is 4.84. The average molecular weight is 287 g/mol. The van der Waals surface area contributed by atoms with Crippen LogP contribution in [0.15, 0.2) is 9.95 Å². The van der Waals surface area contributed by atoms with Gasteiger partial charge in [0.2, 0.25) is 0 Å². The van der Waals surface area contributed by atoms with Crippen LogP contribution in [-0.4, -0.2) is 26.3 Å². The molecule has 1 fully saturated rings. The SMILES string of the molecule is Cn1c(SCC2(CS)CCCCCC2)n[nH]c1=O. The molecule has 0 amide bonds. The highest BCUT2D eigenvalue weighted by Crippen LogP contribution is 2.39. The van der Waals surface area contributed by atoms with Gasteiger partial charge >= 0.3 is 5.69 Å². The first-order chi connectivity index (χ1) is 8.67. The number of H-pyrrole nitrogens is 1. The zero-order valence-corrected chi connectivity index (χ0v) is 12.5. The quantitative estimate of drug-likeness (QED) is 0.508. The number of rotatable bonds is 4. The van der Waals surface area contributed by atoms with E-state index in [0.29, 0.717) is 5.41 Å². The Morgan fingerprint density at radius 3 is 2.56 bits per heavy atom. The van der Waals surface area contributed by atoms with Crippen molar-refractivity contribution in [2.45, 2.75) is 43.7 Å². The molecule has 0 bridgehead atoms. The molecule has 1 saturated carbocycles. The summed E-state index contributed by atoms with van der Waals surface area (Å²) in [5.74, 6) is 1.94. The molecule has 102 valence electrons. The lowest BCUT2D eigenvalue weighted by Gasteiger charge is -2.30. The second-order valence-electron chi connectivity index (χ2n) is 5.23. The van der Waals surface area contributed by atoms with Gasteiger partial charge < -0.3 is 0 Å². The molecule has 1 aliphatic carbocycles. The molecule has 18 heavy (non-hydrogen) atoms. The molecule has 0 aromatic carbocycles. The van der Waals surface area contributed by atoms with Gasteiger partial charge in [-0.25, -0.2) is 9.89 Å². The van der Waals surface area contributed by atoms with Gasteiger partial charge in [0, 0.05) is 12.8 Å². The van der Waals surface area contributed by atoms with Crippen molar-refractivity contribution in [1.29, 1.82) is 0 Å². The third-order valence-corrected chi connectivity index (χ3v) is 5.90. The molecule has 1 N–H and O–H groups in total. The molecule has 4 nitrogen and oxygen atoms in total. The topological polar surface area (TPSA) is 50.7 Å². The van der Waals surface area contributed by atoms with Gasteiger partial charge in [-0.3, -0.25) is 4.57 Å². The lowest BCUT2D eigenvalue weighted by atomic mass is 9.84. The highest BCUT2D eigenvalue weighted by Gasteiger charge is 2.30. The number of aromatic amines is 1. The molecule has 2 rings (SSSR count). The molecular formula is C12H21N3OS2. The van der Waals surface area contributed by atoms with Crippen LogP contribution in [0.4, 0.5) is 0 Å². The fraction of sp³-hybridized carbons (Fsp3) is 0.833. The van der Waals surface area contributed by atoms with Gasteiger partial charge in [0.25, 0.3) is 0 Å². The smallest absolute Gasteiger partial charge is 0.273 e. The number of nitrogens with zero attached hydrogens (tertiary/aromatic N) is 2. The highest BCUT2D eigenvalue weighted by molar-refractivity contribution is 7.99. The van der Waals surface area contributed by atoms with E-state index in [1.807, 2.05) is 0 Å². The molecule has 0 atom stereocenters. The number of aromatic nitrogens is 3. The van der Waals surface area contributed by atoms with E-state index in [1.54, 1.807) is 23.4 Å². The standard InChI is InChI=1S/C12H21N3OS2/c1-15-10(16)13-14-11(15)18-9-12(8-17)6-4-2-3-5-7-12/h17H,2-9H2,1H3,(H,13,16). The van der Waals surface area contributed by atoms with Crippen LogP contribution in [0.2, 0.25) is 0 Å². The Hall–Kier alpha value is -0.360. The van der Waals surface area contributed by atoms with E-state index in [2.05, 4.69) is 22.8 Å². The Balaban J connectivity index is 2.02. The van der Waals surface area contributed by atoms with Crippen molar-refractivity contribution >= 4 is 24.4 Å². The third-order valence-electron chi connectivity index (χ3n) is 3.85. The normalized spacial score (nSPS) is 19.7. The first-order valence-electron chi connectivity index (χ1n) is 6.52. The van der Waals surface area contributed by atoms with Crippen molar-refractivity contribution in [2.75, 3.05) is 11.5 Å². The molecule has 0 aliphatic heterocycles. The maximum absolute atomic E-state index is 11.3. The van der Waals surface area contributed by atoms with Crippen molar-refractivity contribution < 1.29 is 0 Å². The summed E-state index contributed by atoms with van der Waals surface area (Å²) in [7, 11) is 1.76. The van der Waals surface area contributed by atoms with Crippen LogP contribution < -0.4 is 5.69 Å². The van der Waals surface area contributed by atoms with E-state index in [9.17, 15) is 4.79 Å². The summed E-state index contributed by atoms with van der Waals surface area (Å²) in [4.78, 5) is 11.3. The second-order valence-corrected chi connectivity index (χ2v) is 6.49. The largest absolute Gasteiger partial charge is 0.343 e. The van der Waals surface area contributed by atoms with Crippen molar-refractivity contribution in [2.24, 2.45) is 12.5 Å². The van der Waals surface area contributed by atoms with Gasteiger partial charge in [-0.2, -0.15) is 12.6 Å². The summed E-state index contributed by atoms with van der Waals surface area (Å²) in [6.45, 7) is 0. The molecule has 0 unspecified atom stereocenters. The molecule has 6 heteroatoms. The fourth-order valence-corrected chi connectivity index (χ4v) is 4.30. The molecule has 1 aromatic rings. The van der Waals surface area contributed by atoms with Crippen LogP contribution >= 0.6 is 24.4 Å². The van der Waals surface area contributed by atoms with Crippen molar-refractivity contribution in [3.63, 3.8) is 0 Å². The number of thiol groups is 1. The van der Waals surface area contributed by atoms with E-state index in [1.165, 1.54) is 38.5 Å². The minimum absolute atomic E-state index is 0.140. The van der Waals surface area contributed by atoms with Gasteiger partial charge in [0.1, 0.15) is 0 Å². The van der Waals surface area contributed by atoms with Gasteiger partial charge in [-0.05, 0) is 24.0 Å². The third kappa shape index (κ3) is 3.15. The number of thioether (sulfide) groups is 1. The Labute approximate surface area is 117 Å². The molecule has 0 spiro atoms. The number of hydrogen-bond acceptors (Lipinski definition) is 4. The van der Waals surface area contributed by atoms with E-state index in [4.69, 9.17) is 0 Å². The summed E-state index contributed by atoms with van der Waals surface area (Å²) in [5, 5.41) is 7.32. The van der Waals surface area contributed by atoms with Gasteiger partial charge in [0.15, 0.2) is 5.16 Å². The van der Waals surface area contributed by atoms with Gasteiger partial charge in [-0.15, -0.1) is 5.10 Å². The fourth-order valence-electron chi connectivity index (χ4n) is 2.51. The molecule has 0 saturated heterocycles. The maximum Gasteiger partial charge on any atom is 0.343 e. The minimum Gasteiger partial charge on any atom is -0.273 e. The van der Waals surface area contributed by atoms with E-state index >= 15 is 0 Å². The molecule has 1 heterocycles. The van der Waals surface area contributed by atoms with Crippen LogP contribution in [0.1, 0.15) is 38.5 Å². The predicted octanol–water partition coefficient (Wildman–Crippen LogP) is 2.47. The zero-order valence-electron chi connectivity index (χ0n) is 10.8. The summed E-state index contributed by atoms with van der Waals surface area (Å²) < 4.78 is 1.58. The van der Waals surface area contributed by atoms with Gasteiger partial charge in [0.05, 0.1) is 0 Å². The summed E-state index contributed by atoms with van der Waals surface area (Å²) in [5.41, 5.74) is 0.178.